The quantitative estimate of drug-likeness (QED) is 0.836. The molecule has 0 atom stereocenters. The monoisotopic (exact) mass is 306 g/mol. The van der Waals surface area contributed by atoms with Gasteiger partial charge < -0.3 is 4.74 Å². The molecule has 0 aliphatic carbocycles. The lowest BCUT2D eigenvalue weighted by atomic mass is 9.93. The van der Waals surface area contributed by atoms with Crippen molar-refractivity contribution in [3.05, 3.63) is 44.9 Å². The Hall–Kier alpha value is -1.57. The molecular formula is C15H15ClN2OS. The number of rotatable bonds is 3. The first kappa shape index (κ1) is 14.8. The van der Waals surface area contributed by atoms with Crippen LogP contribution >= 0.6 is 22.9 Å². The number of benzene rings is 1. The summed E-state index contributed by atoms with van der Waals surface area (Å²) in [5.74, 6) is 0.568. The largest absolute Gasteiger partial charge is 0.485 e. The maximum atomic E-state index is 8.78. The van der Waals surface area contributed by atoms with E-state index >= 15 is 0 Å². The second-order valence-corrected chi connectivity index (χ2v) is 6.77. The fourth-order valence-electron chi connectivity index (χ4n) is 1.55. The van der Waals surface area contributed by atoms with Crippen molar-refractivity contribution in [1.82, 2.24) is 4.98 Å². The zero-order valence-corrected chi connectivity index (χ0v) is 13.2. The van der Waals surface area contributed by atoms with Gasteiger partial charge in [0.2, 0.25) is 0 Å². The van der Waals surface area contributed by atoms with Crippen molar-refractivity contribution in [3.8, 4) is 11.8 Å². The summed E-state index contributed by atoms with van der Waals surface area (Å²) in [5, 5.41) is 12.2. The van der Waals surface area contributed by atoms with Gasteiger partial charge in [-0.15, -0.1) is 11.3 Å². The van der Waals surface area contributed by atoms with Gasteiger partial charge in [-0.1, -0.05) is 32.4 Å². The second-order valence-electron chi connectivity index (χ2n) is 5.42. The zero-order valence-electron chi connectivity index (χ0n) is 11.6. The van der Waals surface area contributed by atoms with Gasteiger partial charge in [0.05, 0.1) is 22.3 Å². The molecule has 0 spiro atoms. The van der Waals surface area contributed by atoms with E-state index in [2.05, 4.69) is 31.1 Å². The Morgan fingerprint density at radius 2 is 2.15 bits per heavy atom. The van der Waals surface area contributed by atoms with Gasteiger partial charge in [0, 0.05) is 10.8 Å². The molecule has 5 heteroatoms. The van der Waals surface area contributed by atoms with Crippen LogP contribution in [-0.4, -0.2) is 4.98 Å². The van der Waals surface area contributed by atoms with Gasteiger partial charge >= 0.3 is 0 Å². The molecule has 0 N–H and O–H groups in total. The van der Waals surface area contributed by atoms with Crippen LogP contribution in [0.15, 0.2) is 23.6 Å². The maximum Gasteiger partial charge on any atom is 0.140 e. The molecule has 1 heterocycles. The molecule has 0 unspecified atom stereocenters. The lowest BCUT2D eigenvalue weighted by molar-refractivity contribution is 0.305. The Balaban J connectivity index is 2.06. The summed E-state index contributed by atoms with van der Waals surface area (Å²) in [6, 6.07) is 7.03. The second kappa shape index (κ2) is 5.82. The van der Waals surface area contributed by atoms with Crippen molar-refractivity contribution in [2.24, 2.45) is 0 Å². The van der Waals surface area contributed by atoms with Crippen molar-refractivity contribution < 1.29 is 4.74 Å². The highest BCUT2D eigenvalue weighted by molar-refractivity contribution is 7.09. The topological polar surface area (TPSA) is 45.9 Å². The molecule has 0 amide bonds. The third kappa shape index (κ3) is 3.50. The van der Waals surface area contributed by atoms with Crippen LogP contribution < -0.4 is 4.74 Å². The molecule has 1 aromatic carbocycles. The zero-order chi connectivity index (χ0) is 14.8. The van der Waals surface area contributed by atoms with Gasteiger partial charge in [0.25, 0.3) is 0 Å². The molecular weight excluding hydrogens is 292 g/mol. The molecule has 0 saturated carbocycles. The summed E-state index contributed by atoms with van der Waals surface area (Å²) >= 11 is 7.64. The van der Waals surface area contributed by atoms with Gasteiger partial charge in [0.1, 0.15) is 17.4 Å². The van der Waals surface area contributed by atoms with Gasteiger partial charge in [-0.25, -0.2) is 4.98 Å². The Labute approximate surface area is 127 Å². The lowest BCUT2D eigenvalue weighted by Gasteiger charge is -2.14. The van der Waals surface area contributed by atoms with Crippen LogP contribution in [0.25, 0.3) is 0 Å². The number of nitriles is 1. The van der Waals surface area contributed by atoms with Gasteiger partial charge in [0.15, 0.2) is 0 Å². The smallest absolute Gasteiger partial charge is 0.140 e. The van der Waals surface area contributed by atoms with E-state index in [4.69, 9.17) is 21.6 Å². The van der Waals surface area contributed by atoms with Crippen LogP contribution in [0.4, 0.5) is 0 Å². The number of ether oxygens (including phenoxy) is 1. The molecule has 104 valence electrons. The van der Waals surface area contributed by atoms with Crippen LogP contribution in [0.3, 0.4) is 0 Å². The summed E-state index contributed by atoms with van der Waals surface area (Å²) in [7, 11) is 0. The first-order chi connectivity index (χ1) is 9.40. The number of hydrogen-bond acceptors (Lipinski definition) is 4. The normalized spacial score (nSPS) is 11.2. The Morgan fingerprint density at radius 3 is 2.70 bits per heavy atom. The highest BCUT2D eigenvalue weighted by Crippen LogP contribution is 2.28. The summed E-state index contributed by atoms with van der Waals surface area (Å²) in [5.41, 5.74) is 1.62. The lowest BCUT2D eigenvalue weighted by Crippen LogP contribution is -2.11. The van der Waals surface area contributed by atoms with E-state index < -0.39 is 0 Å². The molecule has 1 aromatic heterocycles. The standard InChI is InChI=1S/C15H15ClN2OS/c1-15(2,3)13-9-20-14(18-13)8-19-12-5-4-10(7-17)6-11(12)16/h4-6,9H,8H2,1-3H3. The van der Waals surface area contributed by atoms with Crippen LogP contribution in [0.2, 0.25) is 5.02 Å². The third-order valence-corrected chi connectivity index (χ3v) is 3.85. The minimum Gasteiger partial charge on any atom is -0.485 e. The van der Waals surface area contributed by atoms with E-state index in [1.807, 2.05) is 6.07 Å². The molecule has 0 aliphatic rings. The van der Waals surface area contributed by atoms with Crippen molar-refractivity contribution in [2.75, 3.05) is 0 Å². The van der Waals surface area contributed by atoms with Crippen molar-refractivity contribution in [1.29, 1.82) is 5.26 Å². The molecule has 0 fully saturated rings. The Kier molecular flexibility index (Phi) is 4.32. The van der Waals surface area contributed by atoms with Crippen LogP contribution in [0, 0.1) is 11.3 Å². The minimum absolute atomic E-state index is 0.0425. The van der Waals surface area contributed by atoms with Gasteiger partial charge in [-0.05, 0) is 18.2 Å². The average Bonchev–Trinajstić information content (AvgIpc) is 2.86. The number of halogens is 1. The summed E-state index contributed by atoms with van der Waals surface area (Å²) < 4.78 is 5.65. The average molecular weight is 307 g/mol. The van der Waals surface area contributed by atoms with E-state index in [9.17, 15) is 0 Å². The molecule has 0 radical (unpaired) electrons. The predicted molar refractivity (Wildman–Crippen MR) is 81.3 cm³/mol. The van der Waals surface area contributed by atoms with E-state index in [-0.39, 0.29) is 5.41 Å². The molecule has 0 bridgehead atoms. The Morgan fingerprint density at radius 1 is 1.40 bits per heavy atom. The molecule has 0 aliphatic heterocycles. The van der Waals surface area contributed by atoms with E-state index in [0.717, 1.165) is 10.7 Å². The van der Waals surface area contributed by atoms with Gasteiger partial charge in [-0.2, -0.15) is 5.26 Å². The molecule has 20 heavy (non-hydrogen) atoms. The summed E-state index contributed by atoms with van der Waals surface area (Å²) in [6.45, 7) is 6.77. The molecule has 2 aromatic rings. The number of aromatic nitrogens is 1. The van der Waals surface area contributed by atoms with E-state index in [0.29, 0.717) is 22.9 Å². The SMILES string of the molecule is CC(C)(C)c1csc(COc2ccc(C#N)cc2Cl)n1. The maximum absolute atomic E-state index is 8.78. The number of nitrogens with zero attached hydrogens (tertiary/aromatic N) is 2. The van der Waals surface area contributed by atoms with E-state index in [1.165, 1.54) is 0 Å². The predicted octanol–water partition coefficient (Wildman–Crippen LogP) is 4.54. The highest BCUT2D eigenvalue weighted by Gasteiger charge is 2.17. The first-order valence-electron chi connectivity index (χ1n) is 6.17. The van der Waals surface area contributed by atoms with Crippen molar-refractivity contribution >= 4 is 22.9 Å². The third-order valence-electron chi connectivity index (χ3n) is 2.73. The fraction of sp³-hybridized carbons (Fsp3) is 0.333. The summed E-state index contributed by atoms with van der Waals surface area (Å²) in [4.78, 5) is 4.56. The van der Waals surface area contributed by atoms with Crippen LogP contribution in [0.1, 0.15) is 37.0 Å². The molecule has 0 saturated heterocycles. The van der Waals surface area contributed by atoms with Crippen molar-refractivity contribution in [3.63, 3.8) is 0 Å². The van der Waals surface area contributed by atoms with E-state index in [1.54, 1.807) is 29.5 Å². The first-order valence-corrected chi connectivity index (χ1v) is 7.43. The Bertz CT molecular complexity index is 653. The minimum atomic E-state index is 0.0425. The number of hydrogen-bond donors (Lipinski definition) is 0. The number of thiazole rings is 1. The molecule has 2 rings (SSSR count). The van der Waals surface area contributed by atoms with Gasteiger partial charge in [-0.3, -0.25) is 0 Å². The molecule has 3 nitrogen and oxygen atoms in total. The van der Waals surface area contributed by atoms with Crippen LogP contribution in [-0.2, 0) is 12.0 Å². The van der Waals surface area contributed by atoms with Crippen molar-refractivity contribution in [2.45, 2.75) is 32.8 Å². The summed E-state index contributed by atoms with van der Waals surface area (Å²) in [6.07, 6.45) is 0. The van der Waals surface area contributed by atoms with Crippen LogP contribution in [0.5, 0.6) is 5.75 Å². The highest BCUT2D eigenvalue weighted by atomic mass is 35.5. The fourth-order valence-corrected chi connectivity index (χ4v) is 2.72.